The first-order valence-electron chi connectivity index (χ1n) is 13.2. The van der Waals surface area contributed by atoms with Crippen LogP contribution in [0.25, 0.3) is 0 Å². The molecular formula is C28H46O7. The van der Waals surface area contributed by atoms with Gasteiger partial charge in [0.1, 0.15) is 12.2 Å². The number of aliphatic carboxylic acids is 1. The quantitative estimate of drug-likeness (QED) is 0.167. The Kier molecular flexibility index (Phi) is 14.6. The highest BCUT2D eigenvalue weighted by Gasteiger charge is 2.45. The third kappa shape index (κ3) is 11.9. The van der Waals surface area contributed by atoms with Gasteiger partial charge in [-0.2, -0.15) is 0 Å². The highest BCUT2D eigenvalue weighted by atomic mass is 16.6. The number of hydrogen-bond donors (Lipinski definition) is 2. The molecule has 2 N–H and O–H groups in total. The van der Waals surface area contributed by atoms with Crippen LogP contribution in [0.4, 0.5) is 0 Å². The van der Waals surface area contributed by atoms with Crippen LogP contribution in [0.5, 0.6) is 0 Å². The van der Waals surface area contributed by atoms with Gasteiger partial charge >= 0.3 is 17.9 Å². The Hall–Kier alpha value is -2.15. The maximum atomic E-state index is 12.4. The van der Waals surface area contributed by atoms with Crippen LogP contribution in [0.15, 0.2) is 24.3 Å². The molecular weight excluding hydrogens is 448 g/mol. The number of allylic oxidation sites excluding steroid dienone is 2. The number of carboxylic acid groups (broad SMARTS) is 1. The third-order valence-electron chi connectivity index (χ3n) is 6.34. The number of unbranched alkanes of at least 4 members (excludes halogenated alkanes) is 3. The van der Waals surface area contributed by atoms with Gasteiger partial charge in [0, 0.05) is 24.7 Å². The molecule has 1 rings (SSSR count). The molecule has 0 radical (unpaired) electrons. The van der Waals surface area contributed by atoms with Crippen molar-refractivity contribution < 1.29 is 34.1 Å². The molecule has 0 aromatic carbocycles. The van der Waals surface area contributed by atoms with Crippen molar-refractivity contribution in [2.24, 2.45) is 23.7 Å². The lowest BCUT2D eigenvalue weighted by atomic mass is 9.89. The van der Waals surface area contributed by atoms with E-state index in [2.05, 4.69) is 6.92 Å². The van der Waals surface area contributed by atoms with E-state index in [9.17, 15) is 19.5 Å². The lowest BCUT2D eigenvalue weighted by Crippen LogP contribution is -2.27. The zero-order valence-corrected chi connectivity index (χ0v) is 22.2. The summed E-state index contributed by atoms with van der Waals surface area (Å²) in [6, 6.07) is 0. The Morgan fingerprint density at radius 3 is 2.14 bits per heavy atom. The number of aliphatic hydroxyl groups is 1. The van der Waals surface area contributed by atoms with Crippen LogP contribution in [0.1, 0.15) is 92.4 Å². The Morgan fingerprint density at radius 1 is 0.943 bits per heavy atom. The summed E-state index contributed by atoms with van der Waals surface area (Å²) in [7, 11) is 0. The Labute approximate surface area is 211 Å². The number of hydrogen-bond acceptors (Lipinski definition) is 6. The summed E-state index contributed by atoms with van der Waals surface area (Å²) in [5.74, 6) is -2.26. The molecule has 0 spiro atoms. The van der Waals surface area contributed by atoms with Gasteiger partial charge in [-0.1, -0.05) is 78.2 Å². The van der Waals surface area contributed by atoms with Crippen molar-refractivity contribution in [3.05, 3.63) is 24.3 Å². The standard InChI is InChI=1S/C28H46O7/c1-6-7-10-13-21(29)16-17-23-22(14-11-8-9-12-15-26(30)31)24(34-27(32)19(2)3)18-25(23)35-28(33)20(4)5/h8,11,16-17,19-25,29H,6-7,9-10,12-15,18H2,1-5H3,(H,30,31)/b11-8-,17-16+/t21?,22-,23-,24+,25?/m1/s1. The first kappa shape index (κ1) is 30.9. The summed E-state index contributed by atoms with van der Waals surface area (Å²) in [5, 5.41) is 19.2. The largest absolute Gasteiger partial charge is 0.481 e. The third-order valence-corrected chi connectivity index (χ3v) is 6.34. The molecule has 1 saturated carbocycles. The van der Waals surface area contributed by atoms with Crippen LogP contribution >= 0.6 is 0 Å². The molecule has 7 heteroatoms. The van der Waals surface area contributed by atoms with Crippen LogP contribution in [0, 0.1) is 23.7 Å². The zero-order chi connectivity index (χ0) is 26.4. The van der Waals surface area contributed by atoms with E-state index in [0.717, 1.165) is 19.3 Å². The summed E-state index contributed by atoms with van der Waals surface area (Å²) in [6.07, 6.45) is 12.3. The number of rotatable bonds is 16. The molecule has 0 aromatic heterocycles. The molecule has 0 heterocycles. The van der Waals surface area contributed by atoms with Crippen LogP contribution in [0.2, 0.25) is 0 Å². The maximum Gasteiger partial charge on any atom is 0.308 e. The van der Waals surface area contributed by atoms with Crippen LogP contribution in [0.3, 0.4) is 0 Å². The van der Waals surface area contributed by atoms with E-state index in [0.29, 0.717) is 32.1 Å². The van der Waals surface area contributed by atoms with Crippen LogP contribution < -0.4 is 0 Å². The predicted molar refractivity (Wildman–Crippen MR) is 136 cm³/mol. The van der Waals surface area contributed by atoms with Gasteiger partial charge in [-0.25, -0.2) is 0 Å². The minimum absolute atomic E-state index is 0.113. The van der Waals surface area contributed by atoms with Crippen molar-refractivity contribution in [3.8, 4) is 0 Å². The molecule has 0 bridgehead atoms. The predicted octanol–water partition coefficient (Wildman–Crippen LogP) is 5.46. The number of ether oxygens (including phenoxy) is 2. The van der Waals surface area contributed by atoms with Crippen LogP contribution in [-0.4, -0.2) is 46.4 Å². The smallest absolute Gasteiger partial charge is 0.308 e. The van der Waals surface area contributed by atoms with Crippen molar-refractivity contribution in [2.45, 2.75) is 111 Å². The lowest BCUT2D eigenvalue weighted by molar-refractivity contribution is -0.156. The first-order chi connectivity index (χ1) is 16.6. The topological polar surface area (TPSA) is 110 Å². The lowest BCUT2D eigenvalue weighted by Gasteiger charge is -2.24. The van der Waals surface area contributed by atoms with Gasteiger partial charge in [0.25, 0.3) is 0 Å². The minimum Gasteiger partial charge on any atom is -0.481 e. The van der Waals surface area contributed by atoms with Crippen molar-refractivity contribution in [3.63, 3.8) is 0 Å². The van der Waals surface area contributed by atoms with Gasteiger partial charge in [0.05, 0.1) is 17.9 Å². The summed E-state index contributed by atoms with van der Waals surface area (Å²) in [6.45, 7) is 9.26. The van der Waals surface area contributed by atoms with Crippen molar-refractivity contribution in [2.75, 3.05) is 0 Å². The maximum absolute atomic E-state index is 12.4. The number of carbonyl (C=O) groups excluding carboxylic acids is 2. The highest BCUT2D eigenvalue weighted by Crippen LogP contribution is 2.40. The molecule has 0 aromatic rings. The van der Waals surface area contributed by atoms with Gasteiger partial charge in [0.2, 0.25) is 0 Å². The van der Waals surface area contributed by atoms with E-state index in [1.165, 1.54) is 0 Å². The molecule has 0 amide bonds. The van der Waals surface area contributed by atoms with E-state index in [-0.39, 0.29) is 42.0 Å². The second-order valence-corrected chi connectivity index (χ2v) is 10.2. The van der Waals surface area contributed by atoms with E-state index in [1.807, 2.05) is 18.2 Å². The second kappa shape index (κ2) is 16.5. The molecule has 5 atom stereocenters. The summed E-state index contributed by atoms with van der Waals surface area (Å²) < 4.78 is 11.7. The van der Waals surface area contributed by atoms with Crippen LogP contribution in [-0.2, 0) is 23.9 Å². The molecule has 1 aliphatic rings. The molecule has 0 aliphatic heterocycles. The molecule has 1 fully saturated rings. The summed E-state index contributed by atoms with van der Waals surface area (Å²) >= 11 is 0. The monoisotopic (exact) mass is 494 g/mol. The van der Waals surface area contributed by atoms with Gasteiger partial charge in [0.15, 0.2) is 0 Å². The van der Waals surface area contributed by atoms with E-state index in [4.69, 9.17) is 14.6 Å². The zero-order valence-electron chi connectivity index (χ0n) is 22.2. The number of carbonyl (C=O) groups is 3. The fraction of sp³-hybridized carbons (Fsp3) is 0.750. The number of esters is 2. The fourth-order valence-corrected chi connectivity index (χ4v) is 4.19. The number of carboxylic acids is 1. The Balaban J connectivity index is 3.08. The number of aliphatic hydroxyl groups excluding tert-OH is 1. The summed E-state index contributed by atoms with van der Waals surface area (Å²) in [4.78, 5) is 35.6. The molecule has 200 valence electrons. The Bertz CT molecular complexity index is 710. The van der Waals surface area contributed by atoms with Crippen molar-refractivity contribution in [1.29, 1.82) is 0 Å². The van der Waals surface area contributed by atoms with Crippen molar-refractivity contribution >= 4 is 17.9 Å². The molecule has 2 unspecified atom stereocenters. The van der Waals surface area contributed by atoms with Gasteiger partial charge < -0.3 is 19.7 Å². The molecule has 1 aliphatic carbocycles. The normalized spacial score (nSPS) is 23.4. The van der Waals surface area contributed by atoms with E-state index < -0.39 is 24.3 Å². The Morgan fingerprint density at radius 2 is 1.57 bits per heavy atom. The van der Waals surface area contributed by atoms with E-state index in [1.54, 1.807) is 33.8 Å². The average Bonchev–Trinajstić information content (AvgIpc) is 3.09. The van der Waals surface area contributed by atoms with Crippen molar-refractivity contribution in [1.82, 2.24) is 0 Å². The molecule has 7 nitrogen and oxygen atoms in total. The first-order valence-corrected chi connectivity index (χ1v) is 13.2. The minimum atomic E-state index is -0.813. The van der Waals surface area contributed by atoms with Gasteiger partial charge in [-0.05, 0) is 25.7 Å². The average molecular weight is 495 g/mol. The summed E-state index contributed by atoms with van der Waals surface area (Å²) in [5.41, 5.74) is 0. The van der Waals surface area contributed by atoms with Gasteiger partial charge in [-0.15, -0.1) is 0 Å². The second-order valence-electron chi connectivity index (χ2n) is 10.2. The highest BCUT2D eigenvalue weighted by molar-refractivity contribution is 5.72. The SMILES string of the molecule is CCCCCC(O)/C=C/[C@H]1C(OC(=O)C(C)C)C[C@H](OC(=O)C(C)C)[C@@H]1C/C=C\CCCC(=O)O. The van der Waals surface area contributed by atoms with E-state index >= 15 is 0 Å². The molecule has 35 heavy (non-hydrogen) atoms. The fourth-order valence-electron chi connectivity index (χ4n) is 4.19. The van der Waals surface area contributed by atoms with Gasteiger partial charge in [-0.3, -0.25) is 14.4 Å². The molecule has 0 saturated heterocycles.